The van der Waals surface area contributed by atoms with E-state index in [1.54, 1.807) is 48.5 Å². The number of rotatable bonds is 4. The number of aromatic nitrogens is 2. The van der Waals surface area contributed by atoms with Crippen molar-refractivity contribution in [3.63, 3.8) is 0 Å². The number of hydrogen-bond acceptors (Lipinski definition) is 3. The van der Waals surface area contributed by atoms with Crippen molar-refractivity contribution in [2.75, 3.05) is 5.43 Å². The molecule has 30 heavy (non-hydrogen) atoms. The molecule has 1 heterocycles. The first kappa shape index (κ1) is 20.0. The van der Waals surface area contributed by atoms with Crippen LogP contribution in [0.1, 0.15) is 11.1 Å². The fourth-order valence-corrected chi connectivity index (χ4v) is 3.27. The van der Waals surface area contributed by atoms with E-state index in [4.69, 9.17) is 11.6 Å². The average Bonchev–Trinajstić information content (AvgIpc) is 2.73. The smallest absolute Gasteiger partial charge is 0.317 e. The van der Waals surface area contributed by atoms with Crippen molar-refractivity contribution in [3.8, 4) is 11.4 Å². The van der Waals surface area contributed by atoms with Gasteiger partial charge in [-0.25, -0.2) is 9.66 Å². The zero-order valence-corrected chi connectivity index (χ0v) is 16.2. The van der Waals surface area contributed by atoms with E-state index < -0.39 is 11.7 Å². The summed E-state index contributed by atoms with van der Waals surface area (Å²) in [5.74, 6) is 0.355. The molecule has 0 bridgehead atoms. The number of fused-ring (bicyclic) bond motifs is 1. The summed E-state index contributed by atoms with van der Waals surface area (Å²) in [6, 6.07) is 18.6. The summed E-state index contributed by atoms with van der Waals surface area (Å²) in [4.78, 5) is 17.7. The maximum Gasteiger partial charge on any atom is 0.416 e. The zero-order chi connectivity index (χ0) is 21.3. The van der Waals surface area contributed by atoms with Crippen LogP contribution in [0.4, 0.5) is 13.2 Å². The molecule has 4 rings (SSSR count). The summed E-state index contributed by atoms with van der Waals surface area (Å²) in [6.07, 6.45) is -4.40. The van der Waals surface area contributed by atoms with Crippen molar-refractivity contribution in [2.45, 2.75) is 12.7 Å². The maximum absolute atomic E-state index is 13.1. The van der Waals surface area contributed by atoms with Gasteiger partial charge in [0.2, 0.25) is 0 Å². The Kier molecular flexibility index (Phi) is 5.22. The lowest BCUT2D eigenvalue weighted by atomic mass is 10.1. The minimum atomic E-state index is -4.40. The Morgan fingerprint density at radius 2 is 1.70 bits per heavy atom. The molecule has 0 aliphatic carbocycles. The van der Waals surface area contributed by atoms with Gasteiger partial charge in [-0.3, -0.25) is 4.79 Å². The summed E-state index contributed by atoms with van der Waals surface area (Å²) in [5.41, 5.74) is 3.69. The monoisotopic (exact) mass is 429 g/mol. The molecule has 8 heteroatoms. The predicted molar refractivity (Wildman–Crippen MR) is 111 cm³/mol. The van der Waals surface area contributed by atoms with E-state index in [0.29, 0.717) is 32.9 Å². The van der Waals surface area contributed by atoms with Crippen LogP contribution in [0.3, 0.4) is 0 Å². The second-order valence-corrected chi connectivity index (χ2v) is 7.07. The SMILES string of the molecule is O=c1c2ccccc2nc(-c2cccc(Cl)c2)n1NCc1ccc(C(F)(F)F)cc1. The van der Waals surface area contributed by atoms with Gasteiger partial charge in [-0.05, 0) is 42.0 Å². The lowest BCUT2D eigenvalue weighted by molar-refractivity contribution is -0.137. The third-order valence-corrected chi connectivity index (χ3v) is 4.82. The number of alkyl halides is 3. The Hall–Kier alpha value is -3.32. The standard InChI is InChI=1S/C22H15ClF3N3O/c23-17-5-3-4-15(12-17)20-28-19-7-2-1-6-18(19)21(30)29(20)27-13-14-8-10-16(11-9-14)22(24,25)26/h1-12,27H,13H2. The summed E-state index contributed by atoms with van der Waals surface area (Å²) < 4.78 is 39.6. The van der Waals surface area contributed by atoms with E-state index in [2.05, 4.69) is 10.4 Å². The molecule has 0 aliphatic heterocycles. The molecule has 0 saturated heterocycles. The Labute approximate surface area is 174 Å². The number of para-hydroxylation sites is 1. The van der Waals surface area contributed by atoms with E-state index >= 15 is 0 Å². The summed E-state index contributed by atoms with van der Waals surface area (Å²) in [6.45, 7) is 0.131. The highest BCUT2D eigenvalue weighted by molar-refractivity contribution is 6.30. The molecule has 3 aromatic carbocycles. The van der Waals surface area contributed by atoms with Crippen LogP contribution in [0.5, 0.6) is 0 Å². The summed E-state index contributed by atoms with van der Waals surface area (Å²) in [5, 5.41) is 0.910. The van der Waals surface area contributed by atoms with Crippen LogP contribution in [0.2, 0.25) is 5.02 Å². The molecule has 0 fully saturated rings. The third kappa shape index (κ3) is 4.02. The first-order chi connectivity index (χ1) is 14.3. The highest BCUT2D eigenvalue weighted by atomic mass is 35.5. The van der Waals surface area contributed by atoms with E-state index in [-0.39, 0.29) is 12.1 Å². The van der Waals surface area contributed by atoms with Gasteiger partial charge in [-0.2, -0.15) is 13.2 Å². The number of benzene rings is 3. The van der Waals surface area contributed by atoms with Crippen LogP contribution < -0.4 is 11.0 Å². The van der Waals surface area contributed by atoms with Gasteiger partial charge in [0.1, 0.15) is 0 Å². The molecule has 0 atom stereocenters. The molecule has 0 spiro atoms. The Balaban J connectivity index is 1.74. The molecule has 0 unspecified atom stereocenters. The number of nitrogens with one attached hydrogen (secondary N) is 1. The van der Waals surface area contributed by atoms with E-state index in [9.17, 15) is 18.0 Å². The van der Waals surface area contributed by atoms with Crippen LogP contribution in [0.15, 0.2) is 77.6 Å². The summed E-state index contributed by atoms with van der Waals surface area (Å²) >= 11 is 6.10. The van der Waals surface area contributed by atoms with Gasteiger partial charge in [-0.15, -0.1) is 0 Å². The van der Waals surface area contributed by atoms with E-state index in [1.807, 2.05) is 0 Å². The predicted octanol–water partition coefficient (Wildman–Crippen LogP) is 5.48. The van der Waals surface area contributed by atoms with Gasteiger partial charge in [0, 0.05) is 10.6 Å². The highest BCUT2D eigenvalue weighted by Crippen LogP contribution is 2.29. The van der Waals surface area contributed by atoms with Gasteiger partial charge in [0.05, 0.1) is 23.0 Å². The second-order valence-electron chi connectivity index (χ2n) is 6.63. The number of nitrogens with zero attached hydrogens (tertiary/aromatic N) is 2. The molecule has 1 N–H and O–H groups in total. The molecule has 0 aliphatic rings. The molecule has 0 radical (unpaired) electrons. The van der Waals surface area contributed by atoms with E-state index in [1.165, 1.54) is 16.8 Å². The van der Waals surface area contributed by atoms with Crippen molar-refractivity contribution in [2.24, 2.45) is 0 Å². The largest absolute Gasteiger partial charge is 0.416 e. The van der Waals surface area contributed by atoms with Crippen molar-refractivity contribution >= 4 is 22.5 Å². The topological polar surface area (TPSA) is 46.9 Å². The second kappa shape index (κ2) is 7.84. The molecular weight excluding hydrogens is 415 g/mol. The Morgan fingerprint density at radius 1 is 0.967 bits per heavy atom. The van der Waals surface area contributed by atoms with Gasteiger partial charge in [0.15, 0.2) is 5.82 Å². The first-order valence-corrected chi connectivity index (χ1v) is 9.38. The zero-order valence-electron chi connectivity index (χ0n) is 15.4. The third-order valence-electron chi connectivity index (χ3n) is 4.58. The fraction of sp³-hybridized carbons (Fsp3) is 0.0909. The molecule has 1 aromatic heterocycles. The van der Waals surface area contributed by atoms with Crippen LogP contribution in [0, 0.1) is 0 Å². The normalized spacial score (nSPS) is 11.6. The molecule has 4 aromatic rings. The lowest BCUT2D eigenvalue weighted by Crippen LogP contribution is -2.31. The Bertz CT molecular complexity index is 1270. The molecule has 0 amide bonds. The van der Waals surface area contributed by atoms with Crippen LogP contribution in [-0.4, -0.2) is 9.66 Å². The molecule has 0 saturated carbocycles. The van der Waals surface area contributed by atoms with E-state index in [0.717, 1.165) is 12.1 Å². The van der Waals surface area contributed by atoms with Gasteiger partial charge in [0.25, 0.3) is 5.56 Å². The molecular formula is C22H15ClF3N3O. The van der Waals surface area contributed by atoms with Crippen molar-refractivity contribution < 1.29 is 13.2 Å². The lowest BCUT2D eigenvalue weighted by Gasteiger charge is -2.16. The van der Waals surface area contributed by atoms with Gasteiger partial charge in [-0.1, -0.05) is 48.0 Å². The quantitative estimate of drug-likeness (QED) is 0.467. The van der Waals surface area contributed by atoms with Crippen molar-refractivity contribution in [1.82, 2.24) is 9.66 Å². The minimum Gasteiger partial charge on any atom is -0.317 e. The maximum atomic E-state index is 13.1. The molecule has 152 valence electrons. The van der Waals surface area contributed by atoms with Gasteiger partial charge < -0.3 is 5.43 Å². The average molecular weight is 430 g/mol. The number of hydrogen-bond donors (Lipinski definition) is 1. The fourth-order valence-electron chi connectivity index (χ4n) is 3.08. The van der Waals surface area contributed by atoms with Crippen molar-refractivity contribution in [1.29, 1.82) is 0 Å². The number of halogens is 4. The van der Waals surface area contributed by atoms with Crippen LogP contribution >= 0.6 is 11.6 Å². The van der Waals surface area contributed by atoms with Crippen molar-refractivity contribution in [3.05, 3.63) is 99.3 Å². The minimum absolute atomic E-state index is 0.131. The molecule has 4 nitrogen and oxygen atoms in total. The first-order valence-electron chi connectivity index (χ1n) is 9.01. The Morgan fingerprint density at radius 3 is 2.40 bits per heavy atom. The highest BCUT2D eigenvalue weighted by Gasteiger charge is 2.29. The van der Waals surface area contributed by atoms with Crippen LogP contribution in [0.25, 0.3) is 22.3 Å². The van der Waals surface area contributed by atoms with Gasteiger partial charge >= 0.3 is 6.18 Å². The van der Waals surface area contributed by atoms with Crippen LogP contribution in [-0.2, 0) is 12.7 Å². The summed E-state index contributed by atoms with van der Waals surface area (Å²) in [7, 11) is 0.